The van der Waals surface area contributed by atoms with Crippen LogP contribution in [0.4, 0.5) is 0 Å². The van der Waals surface area contributed by atoms with Gasteiger partial charge in [0.25, 0.3) is 0 Å². The fraction of sp³-hybridized carbons (Fsp3) is 0.923. The maximum atomic E-state index is 9.30. The Morgan fingerprint density at radius 1 is 1.41 bits per heavy atom. The van der Waals surface area contributed by atoms with E-state index in [4.69, 9.17) is 5.73 Å². The van der Waals surface area contributed by atoms with Gasteiger partial charge in [-0.1, -0.05) is 0 Å². The Kier molecular flexibility index (Phi) is 3.19. The molecule has 2 N–H and O–H groups in total. The Labute approximate surface area is 104 Å². The Hall–Kier alpha value is -0.630. The van der Waals surface area contributed by atoms with Gasteiger partial charge in [-0.15, -0.1) is 0 Å². The van der Waals surface area contributed by atoms with Crippen molar-refractivity contribution in [1.29, 1.82) is 5.26 Å². The second-order valence-corrected chi connectivity index (χ2v) is 6.37. The highest BCUT2D eigenvalue weighted by Gasteiger charge is 2.45. The van der Waals surface area contributed by atoms with Crippen LogP contribution in [0.2, 0.25) is 0 Å². The van der Waals surface area contributed by atoms with Crippen LogP contribution in [0.1, 0.15) is 26.7 Å². The minimum Gasteiger partial charge on any atom is -0.312 e. The normalized spacial score (nSPS) is 29.6. The molecular formula is C13H24N4. The van der Waals surface area contributed by atoms with Gasteiger partial charge in [-0.2, -0.15) is 5.26 Å². The number of likely N-dealkylation sites (N-methyl/N-ethyl adjacent to an activating group) is 1. The summed E-state index contributed by atoms with van der Waals surface area (Å²) < 4.78 is 0. The highest BCUT2D eigenvalue weighted by molar-refractivity contribution is 5.15. The molecule has 1 saturated heterocycles. The monoisotopic (exact) mass is 236 g/mol. The molecule has 2 fully saturated rings. The fourth-order valence-corrected chi connectivity index (χ4v) is 2.70. The van der Waals surface area contributed by atoms with Gasteiger partial charge in [0.2, 0.25) is 0 Å². The van der Waals surface area contributed by atoms with Gasteiger partial charge in [-0.3, -0.25) is 9.80 Å². The zero-order valence-corrected chi connectivity index (χ0v) is 11.2. The molecule has 1 atom stereocenters. The van der Waals surface area contributed by atoms with Crippen LogP contribution in [0, 0.1) is 17.2 Å². The van der Waals surface area contributed by atoms with E-state index in [1.807, 2.05) is 0 Å². The van der Waals surface area contributed by atoms with Gasteiger partial charge in [0.15, 0.2) is 0 Å². The molecule has 1 aliphatic carbocycles. The Morgan fingerprint density at radius 3 is 2.53 bits per heavy atom. The van der Waals surface area contributed by atoms with Crippen LogP contribution >= 0.6 is 0 Å². The molecule has 0 aromatic heterocycles. The van der Waals surface area contributed by atoms with Crippen molar-refractivity contribution in [1.82, 2.24) is 9.80 Å². The lowest BCUT2D eigenvalue weighted by atomic mass is 9.93. The third-order valence-electron chi connectivity index (χ3n) is 4.39. The zero-order valence-electron chi connectivity index (χ0n) is 11.2. The maximum absolute atomic E-state index is 9.30. The smallest absolute Gasteiger partial charge is 0.119 e. The summed E-state index contributed by atoms with van der Waals surface area (Å²) in [6.07, 6.45) is 2.25. The molecule has 0 bridgehead atoms. The molecule has 0 aromatic carbocycles. The first-order chi connectivity index (χ1) is 7.87. The summed E-state index contributed by atoms with van der Waals surface area (Å²) in [4.78, 5) is 4.74. The molecule has 1 aliphatic heterocycles. The van der Waals surface area contributed by atoms with Gasteiger partial charge in [0, 0.05) is 31.7 Å². The van der Waals surface area contributed by atoms with Crippen LogP contribution in [0.3, 0.4) is 0 Å². The average Bonchev–Trinajstić information content (AvgIpc) is 3.07. The Morgan fingerprint density at radius 2 is 2.06 bits per heavy atom. The number of hydrogen-bond acceptors (Lipinski definition) is 4. The molecule has 96 valence electrons. The first-order valence-electron chi connectivity index (χ1n) is 6.51. The Bertz CT molecular complexity index is 329. The third kappa shape index (κ3) is 2.62. The minimum atomic E-state index is -0.619. The van der Waals surface area contributed by atoms with Crippen molar-refractivity contribution in [2.75, 3.05) is 33.2 Å². The van der Waals surface area contributed by atoms with E-state index in [1.165, 1.54) is 0 Å². The van der Waals surface area contributed by atoms with E-state index in [2.05, 4.69) is 36.8 Å². The molecule has 0 amide bonds. The quantitative estimate of drug-likeness (QED) is 0.781. The molecule has 1 unspecified atom stereocenters. The van der Waals surface area contributed by atoms with E-state index in [-0.39, 0.29) is 5.54 Å². The van der Waals surface area contributed by atoms with Gasteiger partial charge in [0.1, 0.15) is 5.54 Å². The van der Waals surface area contributed by atoms with Crippen LogP contribution in [0.5, 0.6) is 0 Å². The predicted octanol–water partition coefficient (Wildman–Crippen LogP) is 0.643. The van der Waals surface area contributed by atoms with E-state index < -0.39 is 5.54 Å². The fourth-order valence-electron chi connectivity index (χ4n) is 2.70. The van der Waals surface area contributed by atoms with Gasteiger partial charge in [-0.05, 0) is 39.7 Å². The van der Waals surface area contributed by atoms with Crippen LogP contribution in [0.25, 0.3) is 0 Å². The van der Waals surface area contributed by atoms with E-state index >= 15 is 0 Å². The molecule has 1 heterocycles. The van der Waals surface area contributed by atoms with Crippen molar-refractivity contribution in [2.24, 2.45) is 11.7 Å². The van der Waals surface area contributed by atoms with Crippen molar-refractivity contribution < 1.29 is 0 Å². The molecule has 17 heavy (non-hydrogen) atoms. The summed E-state index contributed by atoms with van der Waals surface area (Å²) in [5, 5.41) is 9.30. The van der Waals surface area contributed by atoms with E-state index in [1.54, 1.807) is 0 Å². The zero-order chi connectivity index (χ0) is 12.7. The van der Waals surface area contributed by atoms with Crippen molar-refractivity contribution in [2.45, 2.75) is 37.8 Å². The number of nitrogens with two attached hydrogens (primary N) is 1. The van der Waals surface area contributed by atoms with Crippen LogP contribution in [0.15, 0.2) is 0 Å². The lowest BCUT2D eigenvalue weighted by molar-refractivity contribution is 0.0313. The molecule has 2 rings (SSSR count). The molecule has 0 aromatic rings. The molecule has 4 nitrogen and oxygen atoms in total. The number of nitriles is 1. The summed E-state index contributed by atoms with van der Waals surface area (Å²) in [5.41, 5.74) is 5.80. The minimum absolute atomic E-state index is 0.179. The third-order valence-corrected chi connectivity index (χ3v) is 4.39. The molecule has 0 radical (unpaired) electrons. The van der Waals surface area contributed by atoms with E-state index in [9.17, 15) is 5.26 Å². The maximum Gasteiger partial charge on any atom is 0.119 e. The first kappa shape index (κ1) is 12.8. The number of piperazine rings is 1. The molecular weight excluding hydrogens is 212 g/mol. The molecule has 0 spiro atoms. The van der Waals surface area contributed by atoms with Crippen LogP contribution in [-0.2, 0) is 0 Å². The summed E-state index contributed by atoms with van der Waals surface area (Å²) in [7, 11) is 2.16. The van der Waals surface area contributed by atoms with Crippen molar-refractivity contribution in [3.63, 3.8) is 0 Å². The van der Waals surface area contributed by atoms with Gasteiger partial charge in [0.05, 0.1) is 6.07 Å². The van der Waals surface area contributed by atoms with Crippen molar-refractivity contribution >= 4 is 0 Å². The Balaban J connectivity index is 1.98. The van der Waals surface area contributed by atoms with Crippen LogP contribution < -0.4 is 5.73 Å². The van der Waals surface area contributed by atoms with Gasteiger partial charge in [-0.25, -0.2) is 0 Å². The molecule has 1 saturated carbocycles. The summed E-state index contributed by atoms with van der Waals surface area (Å²) in [5.74, 6) is 0.426. The first-order valence-corrected chi connectivity index (χ1v) is 6.51. The highest BCUT2D eigenvalue weighted by Crippen LogP contribution is 2.38. The summed E-state index contributed by atoms with van der Waals surface area (Å²) in [6, 6.07) is 2.35. The predicted molar refractivity (Wildman–Crippen MR) is 68.4 cm³/mol. The van der Waals surface area contributed by atoms with Crippen molar-refractivity contribution in [3.05, 3.63) is 0 Å². The lowest BCUT2D eigenvalue weighted by Gasteiger charge is -2.46. The number of rotatable bonds is 3. The summed E-state index contributed by atoms with van der Waals surface area (Å²) >= 11 is 0. The number of nitrogens with zero attached hydrogens (tertiary/aromatic N) is 3. The second kappa shape index (κ2) is 4.24. The largest absolute Gasteiger partial charge is 0.312 e. The molecule has 4 heteroatoms. The van der Waals surface area contributed by atoms with Crippen molar-refractivity contribution in [3.8, 4) is 6.07 Å². The van der Waals surface area contributed by atoms with Gasteiger partial charge < -0.3 is 5.73 Å². The SMILES string of the molecule is CN1CCN(CC(N)(C#N)C2CC2)CC1(C)C. The molecule has 2 aliphatic rings. The topological polar surface area (TPSA) is 56.3 Å². The van der Waals surface area contributed by atoms with Gasteiger partial charge >= 0.3 is 0 Å². The highest BCUT2D eigenvalue weighted by atomic mass is 15.3. The average molecular weight is 236 g/mol. The lowest BCUT2D eigenvalue weighted by Crippen LogP contribution is -2.61. The number of hydrogen-bond donors (Lipinski definition) is 1. The second-order valence-electron chi connectivity index (χ2n) is 6.37. The standard InChI is InChI=1S/C13H24N4/c1-12(2)9-17(7-6-16(12)3)10-13(15,8-14)11-4-5-11/h11H,4-7,9-10,15H2,1-3H3. The van der Waals surface area contributed by atoms with E-state index in [0.29, 0.717) is 5.92 Å². The van der Waals surface area contributed by atoms with Crippen LogP contribution in [-0.4, -0.2) is 54.1 Å². The van der Waals surface area contributed by atoms with E-state index in [0.717, 1.165) is 39.0 Å². The summed E-state index contributed by atoms with van der Waals surface area (Å²) in [6.45, 7) is 8.30.